The summed E-state index contributed by atoms with van der Waals surface area (Å²) in [5, 5.41) is 0.609. The fourth-order valence-corrected chi connectivity index (χ4v) is 3.77. The second-order valence-electron chi connectivity index (χ2n) is 7.19. The molecule has 3 heteroatoms. The van der Waals surface area contributed by atoms with E-state index in [1.165, 1.54) is 5.56 Å². The minimum atomic E-state index is -0.478. The lowest BCUT2D eigenvalue weighted by Gasteiger charge is -2.32. The Kier molecular flexibility index (Phi) is 5.70. The maximum absolute atomic E-state index is 6.53. The predicted octanol–water partition coefficient (Wildman–Crippen LogP) is 6.61. The van der Waals surface area contributed by atoms with Gasteiger partial charge in [-0.3, -0.25) is 4.99 Å². The molecule has 1 aliphatic carbocycles. The number of halogens is 2. The molecule has 0 saturated carbocycles. The monoisotopic (exact) mass is 383 g/mol. The summed E-state index contributed by atoms with van der Waals surface area (Å²) in [7, 11) is 0. The molecule has 3 atom stereocenters. The van der Waals surface area contributed by atoms with Crippen molar-refractivity contribution in [3.63, 3.8) is 0 Å². The van der Waals surface area contributed by atoms with Crippen LogP contribution in [0.4, 0.5) is 0 Å². The van der Waals surface area contributed by atoms with Crippen LogP contribution in [-0.4, -0.2) is 11.6 Å². The Bertz CT molecular complexity index is 840. The third kappa shape index (κ3) is 4.11. The molecule has 134 valence electrons. The number of rotatable bonds is 5. The zero-order chi connectivity index (χ0) is 18.6. The van der Waals surface area contributed by atoms with Crippen molar-refractivity contribution in [2.24, 2.45) is 10.4 Å². The Balaban J connectivity index is 2.01. The lowest BCUT2D eigenvalue weighted by Crippen LogP contribution is -2.31. The van der Waals surface area contributed by atoms with Crippen molar-refractivity contribution < 1.29 is 0 Å². The van der Waals surface area contributed by atoms with E-state index in [2.05, 4.69) is 50.3 Å². The molecule has 0 fully saturated rings. The summed E-state index contributed by atoms with van der Waals surface area (Å²) < 4.78 is 0. The van der Waals surface area contributed by atoms with Crippen LogP contribution in [0.25, 0.3) is 0 Å². The molecule has 3 rings (SSSR count). The van der Waals surface area contributed by atoms with Gasteiger partial charge in [0.1, 0.15) is 0 Å². The van der Waals surface area contributed by atoms with Gasteiger partial charge >= 0.3 is 0 Å². The average molecular weight is 384 g/mol. The van der Waals surface area contributed by atoms with Gasteiger partial charge in [0, 0.05) is 23.1 Å². The molecule has 2 aromatic carbocycles. The van der Waals surface area contributed by atoms with Gasteiger partial charge in [0.2, 0.25) is 0 Å². The van der Waals surface area contributed by atoms with Gasteiger partial charge in [-0.25, -0.2) is 0 Å². The van der Waals surface area contributed by atoms with Crippen LogP contribution >= 0.6 is 23.2 Å². The summed E-state index contributed by atoms with van der Waals surface area (Å²) in [6.07, 6.45) is 10.8. The molecule has 0 aromatic heterocycles. The van der Waals surface area contributed by atoms with Gasteiger partial charge in [0.15, 0.2) is 0 Å². The first-order valence-electron chi connectivity index (χ1n) is 8.78. The predicted molar refractivity (Wildman–Crippen MR) is 113 cm³/mol. The van der Waals surface area contributed by atoms with Gasteiger partial charge in [0.25, 0.3) is 0 Å². The number of benzene rings is 2. The summed E-state index contributed by atoms with van der Waals surface area (Å²) >= 11 is 13.1. The second kappa shape index (κ2) is 7.82. The van der Waals surface area contributed by atoms with Crippen molar-refractivity contribution in [1.29, 1.82) is 0 Å². The Morgan fingerprint density at radius 2 is 1.77 bits per heavy atom. The smallest absolute Gasteiger partial charge is 0.0879 e. The summed E-state index contributed by atoms with van der Waals surface area (Å²) in [6.45, 7) is 4.23. The minimum Gasteiger partial charge on any atom is -0.285 e. The van der Waals surface area contributed by atoms with E-state index in [-0.39, 0.29) is 10.8 Å². The normalized spacial score (nSPS) is 24.7. The van der Waals surface area contributed by atoms with E-state index in [1.54, 1.807) is 0 Å². The molecule has 2 aromatic rings. The third-order valence-electron chi connectivity index (χ3n) is 4.91. The molecule has 1 aliphatic rings. The zero-order valence-electron chi connectivity index (χ0n) is 15.1. The van der Waals surface area contributed by atoms with Crippen molar-refractivity contribution in [2.75, 3.05) is 0 Å². The van der Waals surface area contributed by atoms with Crippen LogP contribution in [0.2, 0.25) is 5.02 Å². The van der Waals surface area contributed by atoms with Gasteiger partial charge in [-0.1, -0.05) is 84.4 Å². The maximum atomic E-state index is 6.53. The lowest BCUT2D eigenvalue weighted by molar-refractivity contribution is 0.487. The Hall–Kier alpha value is -1.83. The molecule has 0 N–H and O–H groups in total. The molecule has 26 heavy (non-hydrogen) atoms. The highest BCUT2D eigenvalue weighted by molar-refractivity contribution is 6.31. The molecule has 0 heterocycles. The van der Waals surface area contributed by atoms with E-state index in [4.69, 9.17) is 28.2 Å². The van der Waals surface area contributed by atoms with Crippen molar-refractivity contribution in [1.82, 2.24) is 0 Å². The van der Waals surface area contributed by atoms with Gasteiger partial charge in [-0.15, -0.1) is 11.6 Å². The fraction of sp³-hybridized carbons (Fsp3) is 0.261. The largest absolute Gasteiger partial charge is 0.285 e. The molecule has 0 spiro atoms. The van der Waals surface area contributed by atoms with Crippen molar-refractivity contribution in [2.45, 2.75) is 31.2 Å². The zero-order valence-corrected chi connectivity index (χ0v) is 16.6. The van der Waals surface area contributed by atoms with Gasteiger partial charge in [-0.05, 0) is 31.0 Å². The van der Waals surface area contributed by atoms with E-state index < -0.39 is 5.54 Å². The average Bonchev–Trinajstić information content (AvgIpc) is 2.64. The van der Waals surface area contributed by atoms with Crippen LogP contribution in [0.1, 0.15) is 25.0 Å². The van der Waals surface area contributed by atoms with Crippen LogP contribution in [0.15, 0.2) is 83.9 Å². The quantitative estimate of drug-likeness (QED) is 0.406. The van der Waals surface area contributed by atoms with Gasteiger partial charge in [-0.2, -0.15) is 0 Å². The van der Waals surface area contributed by atoms with Crippen LogP contribution < -0.4 is 0 Å². The topological polar surface area (TPSA) is 12.4 Å². The van der Waals surface area contributed by atoms with E-state index >= 15 is 0 Å². The first-order valence-corrected chi connectivity index (χ1v) is 9.60. The molecule has 0 saturated heterocycles. The number of hydrogen-bond donors (Lipinski definition) is 0. The summed E-state index contributed by atoms with van der Waals surface area (Å²) in [5.74, 6) is 0. The van der Waals surface area contributed by atoms with Crippen molar-refractivity contribution >= 4 is 29.4 Å². The van der Waals surface area contributed by atoms with E-state index in [9.17, 15) is 0 Å². The van der Waals surface area contributed by atoms with Crippen molar-refractivity contribution in [3.05, 3.63) is 95.1 Å². The maximum Gasteiger partial charge on any atom is 0.0879 e. The SMILES string of the molecule is CC(Cc1ccccc1)(N=CC1(C)C=CC=CC1Cl)c1ccccc1Cl. The second-order valence-corrected chi connectivity index (χ2v) is 8.06. The Morgan fingerprint density at radius 1 is 1.08 bits per heavy atom. The molecule has 0 aliphatic heterocycles. The van der Waals surface area contributed by atoms with Crippen LogP contribution in [-0.2, 0) is 12.0 Å². The molecule has 0 bridgehead atoms. The third-order valence-corrected chi connectivity index (χ3v) is 5.86. The lowest BCUT2D eigenvalue weighted by atomic mass is 9.82. The highest BCUT2D eigenvalue weighted by Gasteiger charge is 2.32. The Morgan fingerprint density at radius 3 is 2.46 bits per heavy atom. The number of aliphatic imine (C=N–C) groups is 1. The molecule has 0 radical (unpaired) electrons. The van der Waals surface area contributed by atoms with Crippen LogP contribution in [0, 0.1) is 5.41 Å². The summed E-state index contributed by atoms with van der Waals surface area (Å²) in [4.78, 5) is 5.05. The minimum absolute atomic E-state index is 0.122. The van der Waals surface area contributed by atoms with Crippen molar-refractivity contribution in [3.8, 4) is 0 Å². The molecular weight excluding hydrogens is 361 g/mol. The fourth-order valence-electron chi connectivity index (χ4n) is 3.22. The van der Waals surface area contributed by atoms with E-state index in [0.717, 1.165) is 17.0 Å². The Labute approximate surface area is 166 Å². The van der Waals surface area contributed by atoms with Gasteiger partial charge in [0.05, 0.1) is 10.9 Å². The summed E-state index contributed by atoms with van der Waals surface area (Å²) in [6, 6.07) is 18.3. The summed E-state index contributed by atoms with van der Waals surface area (Å²) in [5.41, 5.74) is 1.44. The first kappa shape index (κ1) is 18.9. The van der Waals surface area contributed by atoms with E-state index in [1.807, 2.05) is 48.7 Å². The molecule has 0 amide bonds. The molecule has 1 nitrogen and oxygen atoms in total. The van der Waals surface area contributed by atoms with E-state index in [0.29, 0.717) is 0 Å². The van der Waals surface area contributed by atoms with Crippen LogP contribution in [0.3, 0.4) is 0 Å². The number of hydrogen-bond acceptors (Lipinski definition) is 1. The highest BCUT2D eigenvalue weighted by atomic mass is 35.5. The number of alkyl halides is 1. The molecule has 3 unspecified atom stereocenters. The highest BCUT2D eigenvalue weighted by Crippen LogP contribution is 2.37. The van der Waals surface area contributed by atoms with Crippen LogP contribution in [0.5, 0.6) is 0 Å². The van der Waals surface area contributed by atoms with Gasteiger partial charge < -0.3 is 0 Å². The first-order chi connectivity index (χ1) is 12.4. The number of nitrogens with zero attached hydrogens (tertiary/aromatic N) is 1. The number of allylic oxidation sites excluding steroid dienone is 4. The standard InChI is InChI=1S/C23H23Cl2N/c1-22(15-9-8-14-21(22)25)17-26-23(2,16-18-10-4-3-5-11-18)19-12-6-7-13-20(19)24/h3-15,17,21H,16H2,1-2H3. The molecular formula is C23H23Cl2N.